The first-order valence-corrected chi connectivity index (χ1v) is 8.96. The van der Waals surface area contributed by atoms with Crippen LogP contribution >= 0.6 is 24.8 Å². The van der Waals surface area contributed by atoms with E-state index < -0.39 is 0 Å². The fourth-order valence-corrected chi connectivity index (χ4v) is 4.05. The van der Waals surface area contributed by atoms with Gasteiger partial charge in [-0.05, 0) is 43.7 Å². The van der Waals surface area contributed by atoms with Crippen LogP contribution in [0.3, 0.4) is 0 Å². The standard InChI is InChI=1S/C19H29N3O.2ClH/c1-21(16-7-3-2-4-8-16)17-10-12-22(13-11-17)19(23)14-15-6-5-9-18(15)20;;/h2-4,7-8,15,17-18H,5-6,9-14,20H2,1H3;2*1H/t15-,18+;;/m0../s1. The molecule has 2 N–H and O–H groups in total. The number of rotatable bonds is 4. The summed E-state index contributed by atoms with van der Waals surface area (Å²) in [7, 11) is 2.16. The molecule has 3 rings (SSSR count). The van der Waals surface area contributed by atoms with Gasteiger partial charge >= 0.3 is 0 Å². The van der Waals surface area contributed by atoms with Crippen LogP contribution in [0.4, 0.5) is 5.69 Å². The highest BCUT2D eigenvalue weighted by Gasteiger charge is 2.30. The van der Waals surface area contributed by atoms with E-state index in [9.17, 15) is 4.79 Å². The maximum Gasteiger partial charge on any atom is 0.222 e. The van der Waals surface area contributed by atoms with Gasteiger partial charge in [0.15, 0.2) is 0 Å². The number of para-hydroxylation sites is 1. The molecule has 6 heteroatoms. The molecule has 0 radical (unpaired) electrons. The Morgan fingerprint density at radius 2 is 1.76 bits per heavy atom. The maximum absolute atomic E-state index is 12.5. The average Bonchev–Trinajstić information content (AvgIpc) is 3.00. The van der Waals surface area contributed by atoms with Gasteiger partial charge in [0.05, 0.1) is 0 Å². The lowest BCUT2D eigenvalue weighted by atomic mass is 9.97. The van der Waals surface area contributed by atoms with E-state index >= 15 is 0 Å². The average molecular weight is 388 g/mol. The van der Waals surface area contributed by atoms with E-state index in [2.05, 4.69) is 41.1 Å². The highest BCUT2D eigenvalue weighted by atomic mass is 35.5. The predicted molar refractivity (Wildman–Crippen MR) is 109 cm³/mol. The van der Waals surface area contributed by atoms with Gasteiger partial charge in [-0.2, -0.15) is 0 Å². The topological polar surface area (TPSA) is 49.6 Å². The molecule has 142 valence electrons. The van der Waals surface area contributed by atoms with Gasteiger partial charge in [0.25, 0.3) is 0 Å². The first kappa shape index (κ1) is 22.1. The van der Waals surface area contributed by atoms with Crippen LogP contribution in [0.15, 0.2) is 30.3 Å². The number of benzene rings is 1. The Labute approximate surface area is 163 Å². The van der Waals surface area contributed by atoms with Gasteiger partial charge in [0.1, 0.15) is 0 Å². The number of carbonyl (C=O) groups is 1. The van der Waals surface area contributed by atoms with E-state index in [1.807, 2.05) is 6.07 Å². The Morgan fingerprint density at radius 1 is 1.12 bits per heavy atom. The summed E-state index contributed by atoms with van der Waals surface area (Å²) >= 11 is 0. The van der Waals surface area contributed by atoms with Crippen molar-refractivity contribution < 1.29 is 4.79 Å². The van der Waals surface area contributed by atoms with Gasteiger partial charge in [0, 0.05) is 44.3 Å². The molecule has 1 saturated heterocycles. The molecule has 1 saturated carbocycles. The molecule has 1 heterocycles. The molecule has 1 aliphatic heterocycles. The fourth-order valence-electron chi connectivity index (χ4n) is 4.05. The zero-order valence-electron chi connectivity index (χ0n) is 15.0. The third kappa shape index (κ3) is 5.50. The normalized spacial score (nSPS) is 23.5. The number of likely N-dealkylation sites (tertiary alicyclic amines) is 1. The summed E-state index contributed by atoms with van der Waals surface area (Å²) in [6, 6.07) is 11.3. The molecule has 2 fully saturated rings. The first-order chi connectivity index (χ1) is 11.1. The SMILES string of the molecule is CN(c1ccccc1)C1CCN(C(=O)C[C@@H]2CCC[C@H]2N)CC1.Cl.Cl. The zero-order chi connectivity index (χ0) is 16.2. The van der Waals surface area contributed by atoms with E-state index in [1.54, 1.807) is 0 Å². The Morgan fingerprint density at radius 3 is 2.32 bits per heavy atom. The first-order valence-electron chi connectivity index (χ1n) is 8.96. The van der Waals surface area contributed by atoms with Gasteiger partial charge < -0.3 is 15.5 Å². The highest BCUT2D eigenvalue weighted by Crippen LogP contribution is 2.28. The van der Waals surface area contributed by atoms with Crippen molar-refractivity contribution in [3.05, 3.63) is 30.3 Å². The number of hydrogen-bond donors (Lipinski definition) is 1. The number of nitrogens with two attached hydrogens (primary N) is 1. The van der Waals surface area contributed by atoms with Crippen LogP contribution in [0.1, 0.15) is 38.5 Å². The van der Waals surface area contributed by atoms with Gasteiger partial charge in [-0.3, -0.25) is 4.79 Å². The summed E-state index contributed by atoms with van der Waals surface area (Å²) in [5, 5.41) is 0. The molecule has 25 heavy (non-hydrogen) atoms. The molecule has 0 spiro atoms. The minimum Gasteiger partial charge on any atom is -0.371 e. The Kier molecular flexibility index (Phi) is 9.04. The Balaban J connectivity index is 0.00000156. The van der Waals surface area contributed by atoms with Crippen LogP contribution in [-0.4, -0.2) is 43.0 Å². The maximum atomic E-state index is 12.5. The lowest BCUT2D eigenvalue weighted by Crippen LogP contribution is -2.46. The molecule has 0 aromatic heterocycles. The van der Waals surface area contributed by atoms with Crippen molar-refractivity contribution >= 4 is 36.4 Å². The van der Waals surface area contributed by atoms with E-state index in [1.165, 1.54) is 12.1 Å². The number of amides is 1. The zero-order valence-corrected chi connectivity index (χ0v) is 16.6. The third-order valence-electron chi connectivity index (χ3n) is 5.68. The smallest absolute Gasteiger partial charge is 0.222 e. The van der Waals surface area contributed by atoms with Crippen molar-refractivity contribution in [2.24, 2.45) is 11.7 Å². The minimum absolute atomic E-state index is 0. The quantitative estimate of drug-likeness (QED) is 0.859. The van der Waals surface area contributed by atoms with Crippen LogP contribution in [0.25, 0.3) is 0 Å². The lowest BCUT2D eigenvalue weighted by Gasteiger charge is -2.38. The summed E-state index contributed by atoms with van der Waals surface area (Å²) in [4.78, 5) is 16.9. The van der Waals surface area contributed by atoms with E-state index in [0.717, 1.165) is 38.8 Å². The monoisotopic (exact) mass is 387 g/mol. The number of nitrogens with zero attached hydrogens (tertiary/aromatic N) is 2. The third-order valence-corrected chi connectivity index (χ3v) is 5.68. The molecule has 1 aromatic carbocycles. The molecule has 4 nitrogen and oxygen atoms in total. The lowest BCUT2D eigenvalue weighted by molar-refractivity contribution is -0.133. The summed E-state index contributed by atoms with van der Waals surface area (Å²) in [5.41, 5.74) is 7.36. The van der Waals surface area contributed by atoms with Crippen molar-refractivity contribution in [1.29, 1.82) is 0 Å². The summed E-state index contributed by atoms with van der Waals surface area (Å²) in [6.07, 6.45) is 6.15. The van der Waals surface area contributed by atoms with Crippen LogP contribution in [0.5, 0.6) is 0 Å². The number of piperidine rings is 1. The van der Waals surface area contributed by atoms with Crippen molar-refractivity contribution in [3.8, 4) is 0 Å². The number of anilines is 1. The van der Waals surface area contributed by atoms with Crippen molar-refractivity contribution in [2.45, 2.75) is 50.6 Å². The molecule has 1 aliphatic carbocycles. The van der Waals surface area contributed by atoms with Crippen molar-refractivity contribution in [3.63, 3.8) is 0 Å². The molecule has 2 atom stereocenters. The van der Waals surface area contributed by atoms with Crippen molar-refractivity contribution in [1.82, 2.24) is 4.90 Å². The molecule has 1 amide bonds. The second kappa shape index (κ2) is 10.2. The Hall–Kier alpha value is -0.970. The van der Waals surface area contributed by atoms with Gasteiger partial charge in [-0.25, -0.2) is 0 Å². The second-order valence-corrected chi connectivity index (χ2v) is 7.12. The van der Waals surface area contributed by atoms with E-state index in [0.29, 0.717) is 24.3 Å². The van der Waals surface area contributed by atoms with Crippen LogP contribution < -0.4 is 10.6 Å². The molecule has 0 unspecified atom stereocenters. The summed E-state index contributed by atoms with van der Waals surface area (Å²) in [6.45, 7) is 1.76. The number of hydrogen-bond acceptors (Lipinski definition) is 3. The second-order valence-electron chi connectivity index (χ2n) is 7.12. The Bertz CT molecular complexity index is 521. The summed E-state index contributed by atoms with van der Waals surface area (Å²) < 4.78 is 0. The van der Waals surface area contributed by atoms with Crippen molar-refractivity contribution in [2.75, 3.05) is 25.0 Å². The van der Waals surface area contributed by atoms with E-state index in [4.69, 9.17) is 5.73 Å². The predicted octanol–water partition coefficient (Wildman–Crippen LogP) is 3.47. The van der Waals surface area contributed by atoms with Crippen LogP contribution in [-0.2, 0) is 4.79 Å². The molecular formula is C19H31Cl2N3O. The van der Waals surface area contributed by atoms with E-state index in [-0.39, 0.29) is 30.9 Å². The highest BCUT2D eigenvalue weighted by molar-refractivity contribution is 5.85. The minimum atomic E-state index is 0. The van der Waals surface area contributed by atoms with Crippen LogP contribution in [0, 0.1) is 5.92 Å². The molecule has 2 aliphatic rings. The van der Waals surface area contributed by atoms with Crippen LogP contribution in [0.2, 0.25) is 0 Å². The number of carbonyl (C=O) groups excluding carboxylic acids is 1. The molecule has 1 aromatic rings. The summed E-state index contributed by atoms with van der Waals surface area (Å²) in [5.74, 6) is 0.723. The molecule has 0 bridgehead atoms. The molecular weight excluding hydrogens is 357 g/mol. The van der Waals surface area contributed by atoms with Gasteiger partial charge in [-0.15, -0.1) is 24.8 Å². The van der Waals surface area contributed by atoms with Gasteiger partial charge in [0.2, 0.25) is 5.91 Å². The largest absolute Gasteiger partial charge is 0.371 e. The van der Waals surface area contributed by atoms with Gasteiger partial charge in [-0.1, -0.05) is 24.6 Å². The fraction of sp³-hybridized carbons (Fsp3) is 0.632. The number of halogens is 2.